The van der Waals surface area contributed by atoms with E-state index in [-0.39, 0.29) is 25.8 Å². The van der Waals surface area contributed by atoms with Crippen molar-refractivity contribution in [1.29, 1.82) is 0 Å². The van der Waals surface area contributed by atoms with Crippen LogP contribution in [-0.4, -0.2) is 59.6 Å². The highest BCUT2D eigenvalue weighted by atomic mass is 16.4. The van der Waals surface area contributed by atoms with E-state index in [0.29, 0.717) is 0 Å². The van der Waals surface area contributed by atoms with Gasteiger partial charge in [0.1, 0.15) is 6.04 Å². The smallest absolute Gasteiger partial charge is 0.326 e. The minimum absolute atomic E-state index is 0.0999. The van der Waals surface area contributed by atoms with Crippen molar-refractivity contribution >= 4 is 17.8 Å². The molecule has 0 aliphatic rings. The van der Waals surface area contributed by atoms with E-state index in [0.717, 1.165) is 0 Å². The molecule has 1 amide bonds. The Hall–Kier alpha value is -1.63. The van der Waals surface area contributed by atoms with Crippen molar-refractivity contribution in [3.63, 3.8) is 0 Å². The molecule has 3 N–H and O–H groups in total. The van der Waals surface area contributed by atoms with Crippen LogP contribution in [0.2, 0.25) is 0 Å². The lowest BCUT2D eigenvalue weighted by molar-refractivity contribution is -0.142. The number of likely N-dealkylation sites (N-methyl/N-ethyl adjacent to an activating group) is 1. The molecule has 98 valence electrons. The largest absolute Gasteiger partial charge is 0.481 e. The second-order valence-electron chi connectivity index (χ2n) is 3.98. The Morgan fingerprint density at radius 1 is 1.24 bits per heavy atom. The molecule has 0 bridgehead atoms. The Morgan fingerprint density at radius 3 is 2.24 bits per heavy atom. The van der Waals surface area contributed by atoms with Gasteiger partial charge in [-0.3, -0.25) is 9.59 Å². The van der Waals surface area contributed by atoms with Crippen LogP contribution in [0.1, 0.15) is 19.3 Å². The first-order valence-corrected chi connectivity index (χ1v) is 5.21. The molecule has 0 spiro atoms. The molecule has 0 saturated heterocycles. The Morgan fingerprint density at radius 2 is 1.82 bits per heavy atom. The van der Waals surface area contributed by atoms with Crippen LogP contribution >= 0.6 is 0 Å². The highest BCUT2D eigenvalue weighted by molar-refractivity contribution is 5.84. The highest BCUT2D eigenvalue weighted by Gasteiger charge is 2.19. The van der Waals surface area contributed by atoms with Gasteiger partial charge in [0.2, 0.25) is 5.91 Å². The fraction of sp³-hybridized carbons (Fsp3) is 0.700. The van der Waals surface area contributed by atoms with Crippen LogP contribution in [0.4, 0.5) is 0 Å². The monoisotopic (exact) mass is 246 g/mol. The first kappa shape index (κ1) is 15.4. The summed E-state index contributed by atoms with van der Waals surface area (Å²) in [5.41, 5.74) is 0. The summed E-state index contributed by atoms with van der Waals surface area (Å²) < 4.78 is 0. The van der Waals surface area contributed by atoms with Crippen LogP contribution in [0.25, 0.3) is 0 Å². The summed E-state index contributed by atoms with van der Waals surface area (Å²) in [4.78, 5) is 34.0. The standard InChI is InChI=1S/C10H18N2O5/c1-12(2)6-8(13)11-7(10(16)17)4-3-5-9(14)15/h7H,3-6H2,1-2H3,(H,11,13)(H,14,15)(H,16,17)/t7-/m1/s1. The number of hydrogen-bond donors (Lipinski definition) is 3. The maximum atomic E-state index is 11.3. The Bertz CT molecular complexity index is 290. The summed E-state index contributed by atoms with van der Waals surface area (Å²) in [5.74, 6) is -2.52. The average molecular weight is 246 g/mol. The van der Waals surface area contributed by atoms with Gasteiger partial charge in [0.25, 0.3) is 0 Å². The third kappa shape index (κ3) is 8.21. The van der Waals surface area contributed by atoms with Crippen molar-refractivity contribution in [1.82, 2.24) is 10.2 Å². The number of carbonyl (C=O) groups excluding carboxylic acids is 1. The molecule has 0 heterocycles. The van der Waals surface area contributed by atoms with Gasteiger partial charge in [0.15, 0.2) is 0 Å². The van der Waals surface area contributed by atoms with Crippen molar-refractivity contribution in [2.45, 2.75) is 25.3 Å². The maximum Gasteiger partial charge on any atom is 0.326 e. The number of nitrogens with zero attached hydrogens (tertiary/aromatic N) is 1. The minimum Gasteiger partial charge on any atom is -0.481 e. The lowest BCUT2D eigenvalue weighted by Crippen LogP contribution is -2.44. The Kier molecular flexibility index (Phi) is 6.88. The molecule has 0 radical (unpaired) electrons. The van der Waals surface area contributed by atoms with E-state index < -0.39 is 23.9 Å². The molecule has 7 heteroatoms. The summed E-state index contributed by atoms with van der Waals surface area (Å²) in [6, 6.07) is -1.03. The first-order chi connectivity index (χ1) is 7.82. The molecular weight excluding hydrogens is 228 g/mol. The van der Waals surface area contributed by atoms with Gasteiger partial charge in [-0.1, -0.05) is 0 Å². The molecule has 0 aliphatic carbocycles. The first-order valence-electron chi connectivity index (χ1n) is 5.21. The van der Waals surface area contributed by atoms with Gasteiger partial charge in [0.05, 0.1) is 6.54 Å². The summed E-state index contributed by atoms with van der Waals surface area (Å²) in [6.45, 7) is 0.0999. The minimum atomic E-state index is -1.15. The van der Waals surface area contributed by atoms with Gasteiger partial charge in [-0.05, 0) is 26.9 Å². The topological polar surface area (TPSA) is 107 Å². The van der Waals surface area contributed by atoms with Crippen LogP contribution in [0.5, 0.6) is 0 Å². The lowest BCUT2D eigenvalue weighted by Gasteiger charge is -2.16. The molecule has 0 aromatic rings. The Labute approximate surface area is 99.4 Å². The quantitative estimate of drug-likeness (QED) is 0.526. The fourth-order valence-corrected chi connectivity index (χ4v) is 1.24. The number of amides is 1. The predicted molar refractivity (Wildman–Crippen MR) is 59.6 cm³/mol. The van der Waals surface area contributed by atoms with E-state index in [2.05, 4.69) is 5.32 Å². The van der Waals surface area contributed by atoms with Crippen LogP contribution in [0.15, 0.2) is 0 Å². The summed E-state index contributed by atoms with van der Waals surface area (Å²) >= 11 is 0. The normalized spacial score (nSPS) is 12.2. The predicted octanol–water partition coefficient (Wildman–Crippen LogP) is -0.628. The molecule has 7 nitrogen and oxygen atoms in total. The maximum absolute atomic E-state index is 11.3. The zero-order valence-corrected chi connectivity index (χ0v) is 9.97. The van der Waals surface area contributed by atoms with E-state index in [1.165, 1.54) is 0 Å². The van der Waals surface area contributed by atoms with Crippen molar-refractivity contribution in [3.8, 4) is 0 Å². The molecule has 0 unspecified atom stereocenters. The zero-order chi connectivity index (χ0) is 13.4. The molecule has 0 fully saturated rings. The number of aliphatic carboxylic acids is 2. The van der Waals surface area contributed by atoms with Gasteiger partial charge in [-0.2, -0.15) is 0 Å². The Balaban J connectivity index is 4.11. The number of carboxylic acids is 2. The van der Waals surface area contributed by atoms with Crippen molar-refractivity contribution in [2.75, 3.05) is 20.6 Å². The summed E-state index contributed by atoms with van der Waals surface area (Å²) in [7, 11) is 3.39. The zero-order valence-electron chi connectivity index (χ0n) is 9.97. The molecule has 0 saturated carbocycles. The average Bonchev–Trinajstić information content (AvgIpc) is 2.13. The molecule has 0 aromatic carbocycles. The van der Waals surface area contributed by atoms with Crippen LogP contribution < -0.4 is 5.32 Å². The van der Waals surface area contributed by atoms with E-state index >= 15 is 0 Å². The fourth-order valence-electron chi connectivity index (χ4n) is 1.24. The molecule has 1 atom stereocenters. The number of carbonyl (C=O) groups is 3. The third-order valence-corrected chi connectivity index (χ3v) is 1.98. The van der Waals surface area contributed by atoms with Gasteiger partial charge < -0.3 is 20.4 Å². The molecule has 0 aliphatic heterocycles. The van der Waals surface area contributed by atoms with Gasteiger partial charge in [-0.15, -0.1) is 0 Å². The van der Waals surface area contributed by atoms with Crippen LogP contribution in [0.3, 0.4) is 0 Å². The molecule has 0 rings (SSSR count). The summed E-state index contributed by atoms with van der Waals surface area (Å²) in [5, 5.41) is 19.6. The lowest BCUT2D eigenvalue weighted by atomic mass is 10.1. The van der Waals surface area contributed by atoms with Gasteiger partial charge in [0, 0.05) is 6.42 Å². The van der Waals surface area contributed by atoms with Crippen molar-refractivity contribution < 1.29 is 24.6 Å². The number of hydrogen-bond acceptors (Lipinski definition) is 4. The number of carboxylic acid groups (broad SMARTS) is 2. The van der Waals surface area contributed by atoms with Gasteiger partial charge >= 0.3 is 11.9 Å². The van der Waals surface area contributed by atoms with Crippen LogP contribution in [-0.2, 0) is 14.4 Å². The second-order valence-corrected chi connectivity index (χ2v) is 3.98. The van der Waals surface area contributed by atoms with Crippen LogP contribution in [0, 0.1) is 0 Å². The van der Waals surface area contributed by atoms with E-state index in [4.69, 9.17) is 10.2 Å². The second kappa shape index (κ2) is 7.61. The van der Waals surface area contributed by atoms with E-state index in [1.807, 2.05) is 0 Å². The van der Waals surface area contributed by atoms with E-state index in [1.54, 1.807) is 19.0 Å². The van der Waals surface area contributed by atoms with E-state index in [9.17, 15) is 14.4 Å². The van der Waals surface area contributed by atoms with Crippen molar-refractivity contribution in [3.05, 3.63) is 0 Å². The van der Waals surface area contributed by atoms with Crippen molar-refractivity contribution in [2.24, 2.45) is 0 Å². The molecule has 17 heavy (non-hydrogen) atoms. The van der Waals surface area contributed by atoms with Gasteiger partial charge in [-0.25, -0.2) is 4.79 Å². The molecule has 0 aromatic heterocycles. The number of rotatable bonds is 8. The third-order valence-electron chi connectivity index (χ3n) is 1.98. The number of nitrogens with one attached hydrogen (secondary N) is 1. The highest BCUT2D eigenvalue weighted by Crippen LogP contribution is 2.01. The SMILES string of the molecule is CN(C)CC(=O)N[C@H](CCCC(=O)O)C(=O)O. The molecular formula is C10H18N2O5. The summed E-state index contributed by atoms with van der Waals surface area (Å²) in [6.07, 6.45) is 0.225.